The van der Waals surface area contributed by atoms with Crippen molar-refractivity contribution in [1.82, 2.24) is 4.90 Å². The van der Waals surface area contributed by atoms with Crippen LogP contribution in [-0.2, 0) is 4.79 Å². The molecule has 0 saturated heterocycles. The van der Waals surface area contributed by atoms with Gasteiger partial charge in [-0.25, -0.2) is 0 Å². The van der Waals surface area contributed by atoms with Gasteiger partial charge < -0.3 is 7.75 Å². The smallest absolute Gasteiger partial charge is 1.00 e. The van der Waals surface area contributed by atoms with E-state index in [1.165, 1.54) is 0 Å². The Balaban J connectivity index is 0. The summed E-state index contributed by atoms with van der Waals surface area (Å²) in [6, 6.07) is 19.8. The summed E-state index contributed by atoms with van der Waals surface area (Å²) in [5.74, 6) is -0.116. The van der Waals surface area contributed by atoms with Gasteiger partial charge in [0.05, 0.1) is 5.92 Å². The molecule has 0 aliphatic rings. The molecule has 0 atom stereocenters. The van der Waals surface area contributed by atoms with Crippen LogP contribution >= 0.6 is 0 Å². The van der Waals surface area contributed by atoms with Gasteiger partial charge in [-0.3, -0.25) is 4.79 Å². The molecule has 2 aromatic rings. The van der Waals surface area contributed by atoms with Crippen LogP contribution in [-0.4, -0.2) is 48.0 Å². The molecule has 0 fully saturated rings. The minimum absolute atomic E-state index is 0. The first kappa shape index (κ1) is 15.7. The number of rotatable bonds is 3. The van der Waals surface area contributed by atoms with Crippen LogP contribution in [0, 0.1) is 0 Å². The van der Waals surface area contributed by atoms with Crippen LogP contribution in [0.15, 0.2) is 60.7 Å². The summed E-state index contributed by atoms with van der Waals surface area (Å²) in [7, 11) is 3.59. The first-order valence-corrected chi connectivity index (χ1v) is 6.01. The van der Waals surface area contributed by atoms with E-state index >= 15 is 0 Å². The van der Waals surface area contributed by atoms with Crippen LogP contribution in [0.25, 0.3) is 0 Å². The zero-order valence-electron chi connectivity index (χ0n) is 13.4. The van der Waals surface area contributed by atoms with E-state index in [-0.39, 0.29) is 37.7 Å². The summed E-state index contributed by atoms with van der Waals surface area (Å²) in [6.45, 7) is 0. The summed E-state index contributed by atoms with van der Waals surface area (Å²) in [5, 5.41) is 0. The fourth-order valence-corrected chi connectivity index (χ4v) is 2.03. The average Bonchev–Trinajstić information content (AvgIpc) is 2.41. The number of benzene rings is 2. The van der Waals surface area contributed by atoms with Crippen molar-refractivity contribution in [3.05, 3.63) is 71.8 Å². The van der Waals surface area contributed by atoms with Crippen LogP contribution in [0.1, 0.15) is 19.9 Å². The number of amides is 1. The average molecular weight is 266 g/mol. The molecule has 0 radical (unpaired) electrons. The monoisotopic (exact) mass is 265 g/mol. The van der Waals surface area contributed by atoms with Gasteiger partial charge in [0.1, 0.15) is 0 Å². The summed E-state index contributed by atoms with van der Waals surface area (Å²) in [4.78, 5) is 14.0. The molecule has 0 aliphatic heterocycles. The van der Waals surface area contributed by atoms with Gasteiger partial charge in [0, 0.05) is 14.1 Å². The molecular weight excluding hydrogens is 246 g/mol. The third-order valence-corrected chi connectivity index (χ3v) is 2.95. The molecule has 0 aliphatic carbocycles. The fraction of sp³-hybridized carbons (Fsp3) is 0.188. The van der Waals surface area contributed by atoms with Crippen LogP contribution < -0.4 is 0 Å². The summed E-state index contributed by atoms with van der Waals surface area (Å²) >= 11 is 0. The molecule has 0 unspecified atom stereocenters. The van der Waals surface area contributed by atoms with Crippen molar-refractivity contribution < 1.29 is 7.65 Å². The predicted octanol–water partition coefficient (Wildman–Crippen LogP) is 2.75. The molecule has 0 aromatic heterocycles. The van der Waals surface area contributed by atoms with E-state index in [9.17, 15) is 4.79 Å². The Bertz CT molecular complexity index is 481. The van der Waals surface area contributed by atoms with E-state index < -0.39 is 0 Å². The molecule has 2 rings (SSSR count). The molecule has 96 valence electrons. The molecule has 0 bridgehead atoms. The SMILES string of the molecule is CN(C)C(=O)C(c1ccccc1)c1ccccc1.[H-].[H-].[Mg+2]. The summed E-state index contributed by atoms with van der Waals surface area (Å²) in [5.41, 5.74) is 2.06. The molecule has 2 nitrogen and oxygen atoms in total. The molecule has 0 saturated carbocycles. The number of carbonyl (C=O) groups is 1. The number of likely N-dealkylation sites (N-methyl/N-ethyl adjacent to an activating group) is 1. The van der Waals surface area contributed by atoms with E-state index in [4.69, 9.17) is 0 Å². The number of nitrogens with zero attached hydrogens (tertiary/aromatic N) is 1. The minimum atomic E-state index is -0.220. The second-order valence-electron chi connectivity index (χ2n) is 4.49. The van der Waals surface area contributed by atoms with Crippen molar-refractivity contribution in [3.63, 3.8) is 0 Å². The molecule has 2 aromatic carbocycles. The molecule has 0 N–H and O–H groups in total. The molecule has 0 heterocycles. The van der Waals surface area contributed by atoms with Crippen LogP contribution in [0.3, 0.4) is 0 Å². The molecule has 0 spiro atoms. The van der Waals surface area contributed by atoms with Gasteiger partial charge >= 0.3 is 23.1 Å². The topological polar surface area (TPSA) is 20.3 Å². The van der Waals surface area contributed by atoms with Gasteiger partial charge in [-0.15, -0.1) is 0 Å². The standard InChI is InChI=1S/C16H17NO.Mg.2H/c1-17(2)16(18)15(13-9-5-3-6-10-13)14-11-7-4-8-12-14;;;/h3-12,15H,1-2H3;;;/q;+2;2*-1. The van der Waals surface area contributed by atoms with Gasteiger partial charge in [0.15, 0.2) is 0 Å². The number of carbonyl (C=O) groups excluding carboxylic acids is 1. The Hall–Kier alpha value is -1.32. The Morgan fingerprint density at radius 2 is 1.26 bits per heavy atom. The Morgan fingerprint density at radius 3 is 1.58 bits per heavy atom. The van der Waals surface area contributed by atoms with Crippen molar-refractivity contribution in [2.24, 2.45) is 0 Å². The number of hydrogen-bond acceptors (Lipinski definition) is 1. The van der Waals surface area contributed by atoms with E-state index in [0.29, 0.717) is 0 Å². The Labute approximate surface area is 133 Å². The maximum absolute atomic E-state index is 12.4. The van der Waals surface area contributed by atoms with Crippen LogP contribution in [0.4, 0.5) is 0 Å². The van der Waals surface area contributed by atoms with Gasteiger partial charge in [0.2, 0.25) is 5.91 Å². The van der Waals surface area contributed by atoms with Crippen molar-refractivity contribution in [3.8, 4) is 0 Å². The van der Waals surface area contributed by atoms with E-state index in [1.54, 1.807) is 19.0 Å². The van der Waals surface area contributed by atoms with Crippen LogP contribution in [0.2, 0.25) is 0 Å². The Kier molecular flexibility index (Phi) is 6.05. The van der Waals surface area contributed by atoms with Gasteiger partial charge in [-0.05, 0) is 11.1 Å². The second-order valence-corrected chi connectivity index (χ2v) is 4.49. The first-order valence-electron chi connectivity index (χ1n) is 6.01. The molecule has 1 amide bonds. The van der Waals surface area contributed by atoms with E-state index in [2.05, 4.69) is 0 Å². The van der Waals surface area contributed by atoms with E-state index in [0.717, 1.165) is 11.1 Å². The maximum Gasteiger partial charge on any atom is 2.00 e. The zero-order chi connectivity index (χ0) is 13.0. The Morgan fingerprint density at radius 1 is 0.895 bits per heavy atom. The van der Waals surface area contributed by atoms with Crippen molar-refractivity contribution in [2.45, 2.75) is 5.92 Å². The molecule has 19 heavy (non-hydrogen) atoms. The number of hydrogen-bond donors (Lipinski definition) is 0. The third-order valence-electron chi connectivity index (χ3n) is 2.95. The molecular formula is C16H19MgNO. The van der Waals surface area contributed by atoms with Gasteiger partial charge in [-0.1, -0.05) is 60.7 Å². The summed E-state index contributed by atoms with van der Waals surface area (Å²) < 4.78 is 0. The van der Waals surface area contributed by atoms with E-state index in [1.807, 2.05) is 60.7 Å². The zero-order valence-corrected chi connectivity index (χ0v) is 12.8. The van der Waals surface area contributed by atoms with Crippen molar-refractivity contribution >= 4 is 29.0 Å². The fourth-order valence-electron chi connectivity index (χ4n) is 2.03. The molecule has 3 heteroatoms. The normalized spacial score (nSPS) is 9.84. The minimum Gasteiger partial charge on any atom is -1.00 e. The van der Waals surface area contributed by atoms with Crippen molar-refractivity contribution in [1.29, 1.82) is 0 Å². The van der Waals surface area contributed by atoms with Gasteiger partial charge in [-0.2, -0.15) is 0 Å². The third kappa shape index (κ3) is 3.82. The van der Waals surface area contributed by atoms with Crippen LogP contribution in [0.5, 0.6) is 0 Å². The first-order chi connectivity index (χ1) is 8.70. The predicted molar refractivity (Wildman–Crippen MR) is 81.4 cm³/mol. The summed E-state index contributed by atoms with van der Waals surface area (Å²) in [6.07, 6.45) is 0. The second kappa shape index (κ2) is 7.31. The largest absolute Gasteiger partial charge is 2.00 e. The van der Waals surface area contributed by atoms with Gasteiger partial charge in [0.25, 0.3) is 0 Å². The van der Waals surface area contributed by atoms with Crippen molar-refractivity contribution in [2.75, 3.05) is 14.1 Å². The maximum atomic E-state index is 12.4. The quantitative estimate of drug-likeness (QED) is 0.782.